The van der Waals surface area contributed by atoms with Crippen LogP contribution in [-0.4, -0.2) is 0 Å². The maximum absolute atomic E-state index is 6.67. The highest BCUT2D eigenvalue weighted by Gasteiger charge is 2.22. The fraction of sp³-hybridized carbons (Fsp3) is 0. The van der Waals surface area contributed by atoms with E-state index in [9.17, 15) is 0 Å². The first kappa shape index (κ1) is 33.3. The Kier molecular flexibility index (Phi) is 7.54. The molecule has 0 aliphatic carbocycles. The number of fused-ring (bicyclic) bond motifs is 9. The Labute approximate surface area is 340 Å². The number of benzene rings is 10. The van der Waals surface area contributed by atoms with Gasteiger partial charge in [-0.3, -0.25) is 0 Å². The van der Waals surface area contributed by atoms with Crippen molar-refractivity contribution >= 4 is 82.5 Å². The number of hydrogen-bond acceptors (Lipinski definition) is 3. The fourth-order valence-electron chi connectivity index (χ4n) is 9.08. The Morgan fingerprint density at radius 1 is 0.305 bits per heavy atom. The van der Waals surface area contributed by atoms with Crippen molar-refractivity contribution in [1.82, 2.24) is 0 Å². The van der Waals surface area contributed by atoms with Gasteiger partial charge in [-0.25, -0.2) is 0 Å². The molecular weight excluding hydrogens is 719 g/mol. The standard InChI is InChI=1S/C56H35NO2/c1-2-13-40-35-41(24-23-36(40)11-1)37-25-30-42(31-26-37)57(43-32-27-39(28-33-43)44-17-9-21-52-54(44)48-16-6-8-20-51(48)58-52)50-19-7-5-15-46(50)47-18-10-22-53-55(47)49-34-29-38-12-3-4-14-45(38)56(49)59-53/h1-35H. The van der Waals surface area contributed by atoms with E-state index in [-0.39, 0.29) is 0 Å². The summed E-state index contributed by atoms with van der Waals surface area (Å²) in [5, 5.41) is 9.24. The molecule has 0 aliphatic heterocycles. The second kappa shape index (κ2) is 13.4. The summed E-state index contributed by atoms with van der Waals surface area (Å²) in [5.41, 5.74) is 13.7. The minimum absolute atomic E-state index is 0.875. The molecule has 0 fully saturated rings. The molecule has 0 atom stereocenters. The van der Waals surface area contributed by atoms with Crippen molar-refractivity contribution in [2.45, 2.75) is 0 Å². The fourth-order valence-corrected chi connectivity index (χ4v) is 9.08. The van der Waals surface area contributed by atoms with E-state index in [2.05, 4.69) is 205 Å². The molecule has 0 saturated heterocycles. The Morgan fingerprint density at radius 3 is 1.68 bits per heavy atom. The first-order valence-corrected chi connectivity index (χ1v) is 20.1. The molecule has 0 spiro atoms. The van der Waals surface area contributed by atoms with Crippen LogP contribution in [0.5, 0.6) is 0 Å². The molecule has 0 amide bonds. The molecule has 10 aromatic carbocycles. The van der Waals surface area contributed by atoms with E-state index in [1.165, 1.54) is 27.3 Å². The maximum Gasteiger partial charge on any atom is 0.143 e. The Balaban J connectivity index is 1.03. The van der Waals surface area contributed by atoms with Gasteiger partial charge in [-0.05, 0) is 105 Å². The summed E-state index contributed by atoms with van der Waals surface area (Å²) in [7, 11) is 0. The highest BCUT2D eigenvalue weighted by Crippen LogP contribution is 2.46. The van der Waals surface area contributed by atoms with Gasteiger partial charge in [-0.1, -0.05) is 152 Å². The van der Waals surface area contributed by atoms with Crippen LogP contribution in [0.2, 0.25) is 0 Å². The largest absolute Gasteiger partial charge is 0.456 e. The third kappa shape index (κ3) is 5.44. The van der Waals surface area contributed by atoms with E-state index < -0.39 is 0 Å². The molecule has 0 aliphatic rings. The lowest BCUT2D eigenvalue weighted by Crippen LogP contribution is -2.11. The molecule has 0 unspecified atom stereocenters. The molecule has 12 aromatic rings. The van der Waals surface area contributed by atoms with Gasteiger partial charge < -0.3 is 13.7 Å². The number of furan rings is 2. The quantitative estimate of drug-likeness (QED) is 0.169. The third-order valence-corrected chi connectivity index (χ3v) is 11.9. The molecule has 0 saturated carbocycles. The zero-order valence-electron chi connectivity index (χ0n) is 32.0. The topological polar surface area (TPSA) is 29.5 Å². The van der Waals surface area contributed by atoms with Crippen molar-refractivity contribution in [2.24, 2.45) is 0 Å². The van der Waals surface area contributed by atoms with E-state index in [1.807, 2.05) is 12.1 Å². The SMILES string of the molecule is c1ccc(N(c2ccc(-c3ccc4ccccc4c3)cc2)c2ccc(-c3cccc4oc5ccccc5c34)cc2)c(-c2cccc3oc4c5ccccc5ccc4c23)c1. The summed E-state index contributed by atoms with van der Waals surface area (Å²) >= 11 is 0. The molecule has 2 heterocycles. The average molecular weight is 754 g/mol. The molecule has 12 rings (SSSR count). The first-order chi connectivity index (χ1) is 29.2. The van der Waals surface area contributed by atoms with Gasteiger partial charge in [-0.2, -0.15) is 0 Å². The molecule has 3 heteroatoms. The van der Waals surface area contributed by atoms with Crippen molar-refractivity contribution in [2.75, 3.05) is 4.90 Å². The van der Waals surface area contributed by atoms with E-state index in [0.29, 0.717) is 0 Å². The van der Waals surface area contributed by atoms with Gasteiger partial charge in [0.1, 0.15) is 22.3 Å². The molecule has 0 bridgehead atoms. The van der Waals surface area contributed by atoms with Gasteiger partial charge in [0.05, 0.1) is 5.69 Å². The van der Waals surface area contributed by atoms with Crippen molar-refractivity contribution < 1.29 is 8.83 Å². The summed E-state index contributed by atoms with van der Waals surface area (Å²) in [6.07, 6.45) is 0. The lowest BCUT2D eigenvalue weighted by molar-refractivity contribution is 0.669. The van der Waals surface area contributed by atoms with Gasteiger partial charge in [-0.15, -0.1) is 0 Å². The zero-order valence-corrected chi connectivity index (χ0v) is 32.0. The monoisotopic (exact) mass is 753 g/mol. The van der Waals surface area contributed by atoms with Crippen LogP contribution in [0.1, 0.15) is 0 Å². The van der Waals surface area contributed by atoms with E-state index >= 15 is 0 Å². The van der Waals surface area contributed by atoms with Crippen LogP contribution in [0.15, 0.2) is 221 Å². The third-order valence-electron chi connectivity index (χ3n) is 11.9. The second-order valence-electron chi connectivity index (χ2n) is 15.2. The molecule has 0 radical (unpaired) electrons. The summed E-state index contributed by atoms with van der Waals surface area (Å²) in [6.45, 7) is 0. The van der Waals surface area contributed by atoms with Crippen LogP contribution >= 0.6 is 0 Å². The molecule has 59 heavy (non-hydrogen) atoms. The Hall–Kier alpha value is -7.88. The number of hydrogen-bond donors (Lipinski definition) is 0. The first-order valence-electron chi connectivity index (χ1n) is 20.1. The average Bonchev–Trinajstić information content (AvgIpc) is 3.89. The normalized spacial score (nSPS) is 11.7. The highest BCUT2D eigenvalue weighted by molar-refractivity contribution is 6.20. The smallest absolute Gasteiger partial charge is 0.143 e. The van der Waals surface area contributed by atoms with Crippen LogP contribution in [0.3, 0.4) is 0 Å². The predicted octanol–water partition coefficient (Wildman–Crippen LogP) is 16.3. The Bertz CT molecular complexity index is 3550. The number of para-hydroxylation sites is 2. The summed E-state index contributed by atoms with van der Waals surface area (Å²) in [6, 6.07) is 75.8. The lowest BCUT2D eigenvalue weighted by atomic mass is 9.95. The van der Waals surface area contributed by atoms with E-state index in [0.717, 1.165) is 88.6 Å². The minimum atomic E-state index is 0.875. The van der Waals surface area contributed by atoms with Gasteiger partial charge in [0.25, 0.3) is 0 Å². The van der Waals surface area contributed by atoms with Gasteiger partial charge in [0.2, 0.25) is 0 Å². The van der Waals surface area contributed by atoms with Crippen LogP contribution in [-0.2, 0) is 0 Å². The van der Waals surface area contributed by atoms with Gasteiger partial charge in [0, 0.05) is 43.9 Å². The van der Waals surface area contributed by atoms with Crippen molar-refractivity contribution in [3.05, 3.63) is 212 Å². The van der Waals surface area contributed by atoms with Gasteiger partial charge in [0.15, 0.2) is 0 Å². The van der Waals surface area contributed by atoms with Crippen molar-refractivity contribution in [1.29, 1.82) is 0 Å². The molecular formula is C56H35NO2. The molecule has 0 N–H and O–H groups in total. The van der Waals surface area contributed by atoms with Crippen molar-refractivity contribution in [3.63, 3.8) is 0 Å². The van der Waals surface area contributed by atoms with Crippen LogP contribution in [0.25, 0.3) is 98.8 Å². The molecule has 3 nitrogen and oxygen atoms in total. The summed E-state index contributed by atoms with van der Waals surface area (Å²) in [4.78, 5) is 2.38. The minimum Gasteiger partial charge on any atom is -0.456 e. The zero-order chi connectivity index (χ0) is 38.9. The Morgan fingerprint density at radius 2 is 0.864 bits per heavy atom. The summed E-state index contributed by atoms with van der Waals surface area (Å²) in [5.74, 6) is 0. The van der Waals surface area contributed by atoms with E-state index in [4.69, 9.17) is 8.83 Å². The second-order valence-corrected chi connectivity index (χ2v) is 15.2. The number of anilines is 3. The predicted molar refractivity (Wildman–Crippen MR) is 247 cm³/mol. The lowest BCUT2D eigenvalue weighted by Gasteiger charge is -2.28. The van der Waals surface area contributed by atoms with Crippen LogP contribution < -0.4 is 4.90 Å². The number of rotatable bonds is 6. The molecule has 2 aromatic heterocycles. The maximum atomic E-state index is 6.67. The van der Waals surface area contributed by atoms with Gasteiger partial charge >= 0.3 is 0 Å². The summed E-state index contributed by atoms with van der Waals surface area (Å²) < 4.78 is 12.9. The van der Waals surface area contributed by atoms with Crippen LogP contribution in [0.4, 0.5) is 17.1 Å². The van der Waals surface area contributed by atoms with Crippen molar-refractivity contribution in [3.8, 4) is 33.4 Å². The highest BCUT2D eigenvalue weighted by atomic mass is 16.3. The van der Waals surface area contributed by atoms with E-state index in [1.54, 1.807) is 0 Å². The number of nitrogens with zero attached hydrogens (tertiary/aromatic N) is 1. The molecule has 276 valence electrons. The van der Waals surface area contributed by atoms with Crippen LogP contribution in [0, 0.1) is 0 Å².